The highest BCUT2D eigenvalue weighted by Crippen LogP contribution is 2.07. The van der Waals surface area contributed by atoms with Gasteiger partial charge in [0.25, 0.3) is 11.7 Å². The predicted molar refractivity (Wildman–Crippen MR) is 69.5 cm³/mol. The van der Waals surface area contributed by atoms with E-state index in [0.29, 0.717) is 5.78 Å². The average molecular weight is 277 g/mol. The highest BCUT2D eigenvalue weighted by Gasteiger charge is 2.19. The molecular formula is C12H15N5O3. The van der Waals surface area contributed by atoms with Crippen LogP contribution in [0.1, 0.15) is 28.4 Å². The lowest BCUT2D eigenvalue weighted by Gasteiger charge is -2.13. The molecule has 0 saturated heterocycles. The summed E-state index contributed by atoms with van der Waals surface area (Å²) in [5, 5.41) is 12.7. The smallest absolute Gasteiger partial charge is 0.305 e. The van der Waals surface area contributed by atoms with Gasteiger partial charge in [-0.05, 0) is 19.9 Å². The molecule has 0 aliphatic carbocycles. The summed E-state index contributed by atoms with van der Waals surface area (Å²) in [4.78, 5) is 32.2. The number of carbonyl (C=O) groups is 2. The number of nitrogens with zero attached hydrogens (tertiary/aromatic N) is 5. The summed E-state index contributed by atoms with van der Waals surface area (Å²) in [5.41, 5.74) is 1.62. The van der Waals surface area contributed by atoms with Crippen LogP contribution in [0.5, 0.6) is 0 Å². The number of carboxylic acid groups (broad SMARTS) is 1. The number of aromatic nitrogens is 4. The summed E-state index contributed by atoms with van der Waals surface area (Å²) in [7, 11) is 1.52. The third-order valence-electron chi connectivity index (χ3n) is 2.82. The molecule has 0 atom stereocenters. The molecule has 0 unspecified atom stereocenters. The largest absolute Gasteiger partial charge is 0.481 e. The maximum Gasteiger partial charge on any atom is 0.305 e. The first-order valence-corrected chi connectivity index (χ1v) is 6.07. The zero-order valence-corrected chi connectivity index (χ0v) is 11.5. The highest BCUT2D eigenvalue weighted by molar-refractivity contribution is 5.90. The van der Waals surface area contributed by atoms with Gasteiger partial charge in [-0.2, -0.15) is 4.98 Å². The van der Waals surface area contributed by atoms with Crippen LogP contribution in [0.2, 0.25) is 0 Å². The first-order chi connectivity index (χ1) is 9.38. The van der Waals surface area contributed by atoms with Crippen molar-refractivity contribution in [1.29, 1.82) is 0 Å². The van der Waals surface area contributed by atoms with E-state index < -0.39 is 11.9 Å². The van der Waals surface area contributed by atoms with Crippen molar-refractivity contribution in [3.8, 4) is 0 Å². The van der Waals surface area contributed by atoms with Crippen LogP contribution in [0.15, 0.2) is 6.07 Å². The molecule has 0 aliphatic heterocycles. The normalized spacial score (nSPS) is 10.8. The zero-order valence-electron chi connectivity index (χ0n) is 11.5. The lowest BCUT2D eigenvalue weighted by Crippen LogP contribution is -2.30. The molecule has 2 heterocycles. The molecule has 0 saturated carbocycles. The van der Waals surface area contributed by atoms with Gasteiger partial charge in [0, 0.05) is 25.0 Å². The van der Waals surface area contributed by atoms with E-state index in [-0.39, 0.29) is 18.8 Å². The van der Waals surface area contributed by atoms with Crippen molar-refractivity contribution in [2.24, 2.45) is 0 Å². The highest BCUT2D eigenvalue weighted by atomic mass is 16.4. The summed E-state index contributed by atoms with van der Waals surface area (Å²) < 4.78 is 1.49. The number of amides is 1. The molecule has 20 heavy (non-hydrogen) atoms. The second-order valence-electron chi connectivity index (χ2n) is 4.56. The van der Waals surface area contributed by atoms with Crippen LogP contribution in [0, 0.1) is 13.8 Å². The molecule has 1 amide bonds. The second-order valence-corrected chi connectivity index (χ2v) is 4.56. The fourth-order valence-electron chi connectivity index (χ4n) is 1.79. The van der Waals surface area contributed by atoms with E-state index in [1.165, 1.54) is 16.5 Å². The Morgan fingerprint density at radius 1 is 1.35 bits per heavy atom. The molecule has 0 spiro atoms. The zero-order chi connectivity index (χ0) is 14.9. The summed E-state index contributed by atoms with van der Waals surface area (Å²) >= 11 is 0. The number of carbonyl (C=O) groups excluding carboxylic acids is 1. The lowest BCUT2D eigenvalue weighted by molar-refractivity contribution is -0.137. The predicted octanol–water partition coefficient (Wildman–Crippen LogP) is 0.288. The minimum atomic E-state index is -0.958. The van der Waals surface area contributed by atoms with Crippen molar-refractivity contribution < 1.29 is 14.7 Å². The van der Waals surface area contributed by atoms with E-state index in [2.05, 4.69) is 15.1 Å². The van der Waals surface area contributed by atoms with Crippen molar-refractivity contribution in [3.63, 3.8) is 0 Å². The molecule has 0 radical (unpaired) electrons. The molecule has 0 aliphatic rings. The topological polar surface area (TPSA) is 101 Å². The quantitative estimate of drug-likeness (QED) is 0.862. The van der Waals surface area contributed by atoms with E-state index in [4.69, 9.17) is 5.11 Å². The van der Waals surface area contributed by atoms with E-state index in [1.54, 1.807) is 0 Å². The number of fused-ring (bicyclic) bond motifs is 1. The molecule has 0 aromatic carbocycles. The fourth-order valence-corrected chi connectivity index (χ4v) is 1.79. The minimum absolute atomic E-state index is 0.0130. The van der Waals surface area contributed by atoms with Crippen LogP contribution < -0.4 is 0 Å². The molecule has 0 fully saturated rings. The molecule has 8 heteroatoms. The standard InChI is InChI=1S/C12H15N5O3/c1-7-6-8(2)17-12(13-7)14-10(15-17)11(20)16(3)5-4-9(18)19/h6H,4-5H2,1-3H3,(H,18,19). The Balaban J connectivity index is 2.26. The van der Waals surface area contributed by atoms with Crippen LogP contribution in [-0.2, 0) is 4.79 Å². The van der Waals surface area contributed by atoms with Gasteiger partial charge in [0.1, 0.15) is 0 Å². The number of hydrogen-bond donors (Lipinski definition) is 1. The molecule has 8 nitrogen and oxygen atoms in total. The third kappa shape index (κ3) is 2.73. The number of aryl methyl sites for hydroxylation is 2. The van der Waals surface area contributed by atoms with E-state index in [1.807, 2.05) is 19.9 Å². The third-order valence-corrected chi connectivity index (χ3v) is 2.82. The van der Waals surface area contributed by atoms with Gasteiger partial charge in [-0.15, -0.1) is 5.10 Å². The van der Waals surface area contributed by atoms with Crippen LogP contribution in [0.3, 0.4) is 0 Å². The van der Waals surface area contributed by atoms with Crippen molar-refractivity contribution in [1.82, 2.24) is 24.5 Å². The number of rotatable bonds is 4. The van der Waals surface area contributed by atoms with Crippen LogP contribution >= 0.6 is 0 Å². The Kier molecular flexibility index (Phi) is 3.64. The van der Waals surface area contributed by atoms with Gasteiger partial charge in [0.15, 0.2) is 0 Å². The maximum atomic E-state index is 12.1. The first kappa shape index (κ1) is 13.9. The van der Waals surface area contributed by atoms with Gasteiger partial charge in [0.2, 0.25) is 5.82 Å². The average Bonchev–Trinajstić information content (AvgIpc) is 2.78. The van der Waals surface area contributed by atoms with E-state index in [9.17, 15) is 9.59 Å². The van der Waals surface area contributed by atoms with Gasteiger partial charge in [-0.3, -0.25) is 9.59 Å². The van der Waals surface area contributed by atoms with Gasteiger partial charge in [0.05, 0.1) is 6.42 Å². The molecule has 2 aromatic heterocycles. The Labute approximate surface area is 115 Å². The molecule has 106 valence electrons. The SMILES string of the molecule is Cc1cc(C)n2nc(C(=O)N(C)CCC(=O)O)nc2n1. The lowest BCUT2D eigenvalue weighted by atomic mass is 10.4. The molecule has 2 rings (SSSR count). The molecule has 2 aromatic rings. The second kappa shape index (κ2) is 5.24. The van der Waals surface area contributed by atoms with E-state index in [0.717, 1.165) is 11.4 Å². The monoisotopic (exact) mass is 277 g/mol. The summed E-state index contributed by atoms with van der Waals surface area (Å²) in [6.07, 6.45) is -0.119. The summed E-state index contributed by atoms with van der Waals surface area (Å²) in [6, 6.07) is 1.84. The minimum Gasteiger partial charge on any atom is -0.481 e. The van der Waals surface area contributed by atoms with Crippen molar-refractivity contribution in [2.45, 2.75) is 20.3 Å². The number of carboxylic acids is 1. The molecule has 1 N–H and O–H groups in total. The van der Waals surface area contributed by atoms with E-state index >= 15 is 0 Å². The maximum absolute atomic E-state index is 12.1. The van der Waals surface area contributed by atoms with Crippen molar-refractivity contribution >= 4 is 17.7 Å². The summed E-state index contributed by atoms with van der Waals surface area (Å²) in [6.45, 7) is 3.79. The Bertz CT molecular complexity index is 679. The molecule has 0 bridgehead atoms. The van der Waals surface area contributed by atoms with Gasteiger partial charge in [-0.25, -0.2) is 9.50 Å². The van der Waals surface area contributed by atoms with Gasteiger partial charge in [-0.1, -0.05) is 0 Å². The Morgan fingerprint density at radius 2 is 2.05 bits per heavy atom. The van der Waals surface area contributed by atoms with Crippen molar-refractivity contribution in [2.75, 3.05) is 13.6 Å². The van der Waals surface area contributed by atoms with Crippen molar-refractivity contribution in [3.05, 3.63) is 23.3 Å². The fraction of sp³-hybridized carbons (Fsp3) is 0.417. The number of aliphatic carboxylic acids is 1. The molecular weight excluding hydrogens is 262 g/mol. The van der Waals surface area contributed by atoms with Crippen LogP contribution in [0.4, 0.5) is 0 Å². The Hall–Kier alpha value is -2.51. The number of hydrogen-bond acceptors (Lipinski definition) is 5. The summed E-state index contributed by atoms with van der Waals surface area (Å²) in [5.74, 6) is -1.01. The van der Waals surface area contributed by atoms with Gasteiger partial charge >= 0.3 is 5.97 Å². The van der Waals surface area contributed by atoms with Gasteiger partial charge < -0.3 is 10.0 Å². The first-order valence-electron chi connectivity index (χ1n) is 6.07. The van der Waals surface area contributed by atoms with Crippen LogP contribution in [-0.4, -0.2) is 55.1 Å². The van der Waals surface area contributed by atoms with Crippen LogP contribution in [0.25, 0.3) is 5.78 Å². The Morgan fingerprint density at radius 3 is 2.70 bits per heavy atom.